The highest BCUT2D eigenvalue weighted by molar-refractivity contribution is 9.10. The third kappa shape index (κ3) is 5.37. The number of rotatable bonds is 5. The lowest BCUT2D eigenvalue weighted by molar-refractivity contribution is -0.118. The van der Waals surface area contributed by atoms with E-state index in [4.69, 9.17) is 16.3 Å². The number of anilines is 2. The molecule has 7 heteroatoms. The van der Waals surface area contributed by atoms with E-state index in [1.807, 2.05) is 18.2 Å². The monoisotopic (exact) mass is 451 g/mol. The fourth-order valence-corrected chi connectivity index (χ4v) is 3.80. The van der Waals surface area contributed by atoms with Crippen molar-refractivity contribution in [2.24, 2.45) is 0 Å². The summed E-state index contributed by atoms with van der Waals surface area (Å²) in [5.41, 5.74) is 3.13. The Morgan fingerprint density at radius 3 is 2.59 bits per heavy atom. The summed E-state index contributed by atoms with van der Waals surface area (Å²) in [6.07, 6.45) is 0. The second-order valence-electron chi connectivity index (χ2n) is 6.70. The molecule has 2 aromatic carbocycles. The SMILES string of the molecule is Cc1cc(NC(=O)COc2ccc(Br)cc2Cl)ccc1N1CCN(C)CC1. The summed E-state index contributed by atoms with van der Waals surface area (Å²) in [6, 6.07) is 11.3. The van der Waals surface area contributed by atoms with E-state index >= 15 is 0 Å². The molecule has 27 heavy (non-hydrogen) atoms. The van der Waals surface area contributed by atoms with Gasteiger partial charge in [-0.1, -0.05) is 27.5 Å². The maximum atomic E-state index is 12.2. The van der Waals surface area contributed by atoms with E-state index in [9.17, 15) is 4.79 Å². The van der Waals surface area contributed by atoms with Gasteiger partial charge in [0.2, 0.25) is 0 Å². The number of nitrogens with zero attached hydrogens (tertiary/aromatic N) is 2. The van der Waals surface area contributed by atoms with Crippen molar-refractivity contribution in [2.75, 3.05) is 50.1 Å². The molecule has 144 valence electrons. The van der Waals surface area contributed by atoms with Gasteiger partial charge in [-0.2, -0.15) is 0 Å². The van der Waals surface area contributed by atoms with E-state index < -0.39 is 0 Å². The van der Waals surface area contributed by atoms with Crippen molar-refractivity contribution in [2.45, 2.75) is 6.92 Å². The van der Waals surface area contributed by atoms with Gasteiger partial charge in [-0.25, -0.2) is 0 Å². The number of aryl methyl sites for hydroxylation is 1. The average molecular weight is 453 g/mol. The Bertz CT molecular complexity index is 823. The van der Waals surface area contributed by atoms with Gasteiger partial charge in [0.05, 0.1) is 5.02 Å². The molecule has 0 unspecified atom stereocenters. The fourth-order valence-electron chi connectivity index (χ4n) is 3.07. The largest absolute Gasteiger partial charge is 0.482 e. The number of halogens is 2. The van der Waals surface area contributed by atoms with Gasteiger partial charge in [-0.15, -0.1) is 0 Å². The zero-order valence-electron chi connectivity index (χ0n) is 15.5. The topological polar surface area (TPSA) is 44.8 Å². The van der Waals surface area contributed by atoms with Gasteiger partial charge < -0.3 is 19.9 Å². The first kappa shape index (κ1) is 20.0. The second-order valence-corrected chi connectivity index (χ2v) is 8.03. The zero-order valence-corrected chi connectivity index (χ0v) is 17.8. The molecule has 1 N–H and O–H groups in total. The van der Waals surface area contributed by atoms with Gasteiger partial charge in [0.25, 0.3) is 5.91 Å². The number of hydrogen-bond donors (Lipinski definition) is 1. The van der Waals surface area contributed by atoms with Gasteiger partial charge in [-0.05, 0) is 55.9 Å². The normalized spacial score (nSPS) is 14.9. The molecule has 0 aliphatic carbocycles. The van der Waals surface area contributed by atoms with Crippen LogP contribution in [0.5, 0.6) is 5.75 Å². The number of benzene rings is 2. The summed E-state index contributed by atoms with van der Waals surface area (Å²) >= 11 is 9.44. The smallest absolute Gasteiger partial charge is 0.262 e. The molecule has 0 radical (unpaired) electrons. The molecular weight excluding hydrogens is 430 g/mol. The Hall–Kier alpha value is -1.76. The average Bonchev–Trinajstić information content (AvgIpc) is 2.62. The molecular formula is C20H23BrClN3O2. The first-order chi connectivity index (χ1) is 12.9. The molecule has 1 saturated heterocycles. The molecule has 0 spiro atoms. The number of likely N-dealkylation sites (N-methyl/N-ethyl adjacent to an activating group) is 1. The Balaban J connectivity index is 1.57. The molecule has 0 atom stereocenters. The molecule has 1 heterocycles. The number of carbonyl (C=O) groups is 1. The summed E-state index contributed by atoms with van der Waals surface area (Å²) in [5, 5.41) is 3.34. The molecule has 1 aliphatic rings. The quantitative estimate of drug-likeness (QED) is 0.739. The van der Waals surface area contributed by atoms with Gasteiger partial charge >= 0.3 is 0 Å². The standard InChI is InChI=1S/C20H23BrClN3O2/c1-14-11-16(4-5-18(14)25-9-7-24(2)8-10-25)23-20(26)13-27-19-6-3-15(21)12-17(19)22/h3-6,11-12H,7-10,13H2,1-2H3,(H,23,26). The van der Waals surface area contributed by atoms with Gasteiger partial charge in [0, 0.05) is 42.0 Å². The number of amides is 1. The zero-order chi connectivity index (χ0) is 19.4. The highest BCUT2D eigenvalue weighted by Gasteiger charge is 2.16. The summed E-state index contributed by atoms with van der Waals surface area (Å²) in [7, 11) is 2.15. The van der Waals surface area contributed by atoms with Crippen LogP contribution in [0.1, 0.15) is 5.56 Å². The van der Waals surface area contributed by atoms with Crippen molar-refractivity contribution in [3.05, 3.63) is 51.5 Å². The second kappa shape index (κ2) is 8.95. The van der Waals surface area contributed by atoms with Gasteiger partial charge in [0.15, 0.2) is 6.61 Å². The number of carbonyl (C=O) groups excluding carboxylic acids is 1. The highest BCUT2D eigenvalue weighted by atomic mass is 79.9. The molecule has 1 fully saturated rings. The maximum absolute atomic E-state index is 12.2. The lowest BCUT2D eigenvalue weighted by Crippen LogP contribution is -2.44. The first-order valence-corrected chi connectivity index (χ1v) is 10.0. The van der Waals surface area contributed by atoms with Crippen LogP contribution in [0.3, 0.4) is 0 Å². The third-order valence-electron chi connectivity index (χ3n) is 4.58. The lowest BCUT2D eigenvalue weighted by Gasteiger charge is -2.35. The van der Waals surface area contributed by atoms with Crippen LogP contribution in [-0.4, -0.2) is 50.6 Å². The molecule has 1 amide bonds. The predicted octanol–water partition coefficient (Wildman–Crippen LogP) is 4.18. The van der Waals surface area contributed by atoms with E-state index in [0.717, 1.165) is 41.9 Å². The van der Waals surface area contributed by atoms with Crippen molar-refractivity contribution in [3.63, 3.8) is 0 Å². The summed E-state index contributed by atoms with van der Waals surface area (Å²) in [5.74, 6) is 0.261. The van der Waals surface area contributed by atoms with Crippen LogP contribution in [0.2, 0.25) is 5.02 Å². The molecule has 2 aromatic rings. The van der Waals surface area contributed by atoms with Crippen LogP contribution in [0, 0.1) is 6.92 Å². The van der Waals surface area contributed by atoms with E-state index in [1.165, 1.54) is 5.69 Å². The van der Waals surface area contributed by atoms with Crippen molar-refractivity contribution >= 4 is 44.8 Å². The first-order valence-electron chi connectivity index (χ1n) is 8.84. The molecule has 1 aliphatic heterocycles. The minimum Gasteiger partial charge on any atom is -0.482 e. The lowest BCUT2D eigenvalue weighted by atomic mass is 10.1. The Kier molecular flexibility index (Phi) is 6.63. The Labute approximate surface area is 173 Å². The van der Waals surface area contributed by atoms with E-state index in [-0.39, 0.29) is 12.5 Å². The van der Waals surface area contributed by atoms with E-state index in [1.54, 1.807) is 12.1 Å². The van der Waals surface area contributed by atoms with Gasteiger partial charge in [0.1, 0.15) is 5.75 Å². The molecule has 0 saturated carbocycles. The number of ether oxygens (including phenoxy) is 1. The fraction of sp³-hybridized carbons (Fsp3) is 0.350. The summed E-state index contributed by atoms with van der Waals surface area (Å²) < 4.78 is 6.37. The van der Waals surface area contributed by atoms with Crippen molar-refractivity contribution in [3.8, 4) is 5.75 Å². The Morgan fingerprint density at radius 2 is 1.93 bits per heavy atom. The number of hydrogen-bond acceptors (Lipinski definition) is 4. The van der Waals surface area contributed by atoms with Crippen LogP contribution in [0.25, 0.3) is 0 Å². The molecule has 5 nitrogen and oxygen atoms in total. The predicted molar refractivity (Wildman–Crippen MR) is 114 cm³/mol. The number of nitrogens with one attached hydrogen (secondary N) is 1. The molecule has 0 bridgehead atoms. The molecule has 3 rings (SSSR count). The van der Waals surface area contributed by atoms with Crippen LogP contribution in [0.4, 0.5) is 11.4 Å². The van der Waals surface area contributed by atoms with Crippen molar-refractivity contribution < 1.29 is 9.53 Å². The van der Waals surface area contributed by atoms with Crippen LogP contribution < -0.4 is 15.0 Å². The van der Waals surface area contributed by atoms with Crippen molar-refractivity contribution in [1.82, 2.24) is 4.90 Å². The van der Waals surface area contributed by atoms with E-state index in [0.29, 0.717) is 10.8 Å². The van der Waals surface area contributed by atoms with Crippen LogP contribution in [-0.2, 0) is 4.79 Å². The molecule has 0 aromatic heterocycles. The van der Waals surface area contributed by atoms with Crippen LogP contribution >= 0.6 is 27.5 Å². The number of piperazine rings is 1. The highest BCUT2D eigenvalue weighted by Crippen LogP contribution is 2.28. The van der Waals surface area contributed by atoms with Crippen LogP contribution in [0.15, 0.2) is 40.9 Å². The van der Waals surface area contributed by atoms with Crippen molar-refractivity contribution in [1.29, 1.82) is 0 Å². The Morgan fingerprint density at radius 1 is 1.19 bits per heavy atom. The van der Waals surface area contributed by atoms with Gasteiger partial charge in [-0.3, -0.25) is 4.79 Å². The minimum absolute atomic E-state index is 0.0966. The third-order valence-corrected chi connectivity index (χ3v) is 5.37. The minimum atomic E-state index is -0.222. The van der Waals surface area contributed by atoms with E-state index in [2.05, 4.69) is 51.1 Å². The maximum Gasteiger partial charge on any atom is 0.262 e. The summed E-state index contributed by atoms with van der Waals surface area (Å²) in [6.45, 7) is 6.14. The summed E-state index contributed by atoms with van der Waals surface area (Å²) in [4.78, 5) is 16.9.